The number of hydrogen-bond acceptors (Lipinski definition) is 2. The summed E-state index contributed by atoms with van der Waals surface area (Å²) in [6.45, 7) is 1.94. The fourth-order valence-electron chi connectivity index (χ4n) is 2.27. The molecule has 96 valence electrons. The van der Waals surface area contributed by atoms with Crippen molar-refractivity contribution in [2.45, 2.75) is 13.5 Å². The average molecular weight is 257 g/mol. The Bertz CT molecular complexity index is 682. The van der Waals surface area contributed by atoms with Crippen molar-refractivity contribution in [2.24, 2.45) is 0 Å². The van der Waals surface area contributed by atoms with Crippen LogP contribution >= 0.6 is 0 Å². The molecule has 0 spiro atoms. The molecule has 2 aromatic carbocycles. The first-order chi connectivity index (χ1) is 9.08. The number of carbonyl (C=O) groups is 1. The lowest BCUT2D eigenvalue weighted by Gasteiger charge is -2.16. The van der Waals surface area contributed by atoms with E-state index in [4.69, 9.17) is 0 Å². The van der Waals surface area contributed by atoms with Gasteiger partial charge in [-0.25, -0.2) is 4.39 Å². The number of nitrogens with zero attached hydrogens (tertiary/aromatic N) is 1. The lowest BCUT2D eigenvalue weighted by molar-refractivity contribution is 0.0996. The Labute approximate surface area is 109 Å². The van der Waals surface area contributed by atoms with Gasteiger partial charge in [-0.3, -0.25) is 4.79 Å². The third-order valence-corrected chi connectivity index (χ3v) is 3.41. The molecule has 1 N–H and O–H groups in total. The van der Waals surface area contributed by atoms with Gasteiger partial charge in [0.15, 0.2) is 0 Å². The standard InChI is InChI=1S/C15H12FNO2/c1-9-5-6-10(7-13(9)16)17-8-12-11(15(17)19)3-2-4-14(12)18/h2-7,18H,8H2,1H3. The maximum absolute atomic E-state index is 13.6. The molecule has 19 heavy (non-hydrogen) atoms. The van der Waals surface area contributed by atoms with Gasteiger partial charge in [-0.05, 0) is 36.8 Å². The van der Waals surface area contributed by atoms with Gasteiger partial charge in [-0.15, -0.1) is 0 Å². The highest BCUT2D eigenvalue weighted by Gasteiger charge is 2.30. The maximum Gasteiger partial charge on any atom is 0.259 e. The largest absolute Gasteiger partial charge is 0.508 e. The Hall–Kier alpha value is -2.36. The first-order valence-corrected chi connectivity index (χ1v) is 5.97. The predicted octanol–water partition coefficient (Wildman–Crippen LogP) is 3.00. The number of benzene rings is 2. The second-order valence-electron chi connectivity index (χ2n) is 4.63. The van der Waals surface area contributed by atoms with Crippen LogP contribution in [0.15, 0.2) is 36.4 Å². The van der Waals surface area contributed by atoms with Crippen molar-refractivity contribution in [1.29, 1.82) is 0 Å². The van der Waals surface area contributed by atoms with E-state index in [1.165, 1.54) is 11.0 Å². The number of aromatic hydroxyl groups is 1. The van der Waals surface area contributed by atoms with Crippen LogP contribution in [0.1, 0.15) is 21.5 Å². The van der Waals surface area contributed by atoms with Crippen LogP contribution < -0.4 is 4.90 Å². The summed E-state index contributed by atoms with van der Waals surface area (Å²) in [7, 11) is 0. The number of amides is 1. The third-order valence-electron chi connectivity index (χ3n) is 3.41. The first-order valence-electron chi connectivity index (χ1n) is 5.97. The topological polar surface area (TPSA) is 40.5 Å². The molecule has 1 aliphatic rings. The van der Waals surface area contributed by atoms with Gasteiger partial charge in [0.25, 0.3) is 5.91 Å². The van der Waals surface area contributed by atoms with E-state index in [-0.39, 0.29) is 24.0 Å². The zero-order valence-corrected chi connectivity index (χ0v) is 10.4. The van der Waals surface area contributed by atoms with E-state index in [2.05, 4.69) is 0 Å². The zero-order valence-electron chi connectivity index (χ0n) is 10.4. The number of fused-ring (bicyclic) bond motifs is 1. The third kappa shape index (κ3) is 1.76. The van der Waals surface area contributed by atoms with E-state index >= 15 is 0 Å². The van der Waals surface area contributed by atoms with Gasteiger partial charge in [0, 0.05) is 16.8 Å². The summed E-state index contributed by atoms with van der Waals surface area (Å²) in [6, 6.07) is 9.54. The summed E-state index contributed by atoms with van der Waals surface area (Å²) in [5, 5.41) is 9.76. The molecule has 0 unspecified atom stereocenters. The van der Waals surface area contributed by atoms with Crippen molar-refractivity contribution < 1.29 is 14.3 Å². The Morgan fingerprint density at radius 3 is 2.74 bits per heavy atom. The smallest absolute Gasteiger partial charge is 0.259 e. The highest BCUT2D eigenvalue weighted by molar-refractivity contribution is 6.10. The fraction of sp³-hybridized carbons (Fsp3) is 0.133. The van der Waals surface area contributed by atoms with E-state index in [0.29, 0.717) is 22.4 Å². The van der Waals surface area contributed by atoms with Crippen molar-refractivity contribution in [3.8, 4) is 5.75 Å². The number of aryl methyl sites for hydroxylation is 1. The minimum Gasteiger partial charge on any atom is -0.508 e. The zero-order chi connectivity index (χ0) is 13.6. The van der Waals surface area contributed by atoms with Gasteiger partial charge in [-0.2, -0.15) is 0 Å². The number of carbonyl (C=O) groups excluding carboxylic acids is 1. The Morgan fingerprint density at radius 2 is 2.05 bits per heavy atom. The molecule has 0 aliphatic carbocycles. The number of anilines is 1. The quantitative estimate of drug-likeness (QED) is 0.853. The van der Waals surface area contributed by atoms with E-state index in [0.717, 1.165) is 0 Å². The molecule has 0 saturated heterocycles. The van der Waals surface area contributed by atoms with Gasteiger partial charge < -0.3 is 10.0 Å². The predicted molar refractivity (Wildman–Crippen MR) is 69.8 cm³/mol. The number of hydrogen-bond donors (Lipinski definition) is 1. The van der Waals surface area contributed by atoms with Crippen LogP contribution in [0.25, 0.3) is 0 Å². The minimum atomic E-state index is -0.342. The highest BCUT2D eigenvalue weighted by atomic mass is 19.1. The average Bonchev–Trinajstić information content (AvgIpc) is 2.72. The normalized spacial score (nSPS) is 13.8. The lowest BCUT2D eigenvalue weighted by atomic mass is 10.1. The van der Waals surface area contributed by atoms with Gasteiger partial charge in [0.05, 0.1) is 6.54 Å². The summed E-state index contributed by atoms with van der Waals surface area (Å²) >= 11 is 0. The molecule has 0 saturated carbocycles. The van der Waals surface area contributed by atoms with Gasteiger partial charge in [-0.1, -0.05) is 12.1 Å². The fourth-order valence-corrected chi connectivity index (χ4v) is 2.27. The van der Waals surface area contributed by atoms with Crippen molar-refractivity contribution in [2.75, 3.05) is 4.90 Å². The highest BCUT2D eigenvalue weighted by Crippen LogP contribution is 2.33. The van der Waals surface area contributed by atoms with Crippen molar-refractivity contribution in [3.05, 3.63) is 58.9 Å². The molecule has 0 radical (unpaired) electrons. The van der Waals surface area contributed by atoms with E-state index in [9.17, 15) is 14.3 Å². The van der Waals surface area contributed by atoms with Gasteiger partial charge >= 0.3 is 0 Å². The lowest BCUT2D eigenvalue weighted by Crippen LogP contribution is -2.23. The molecule has 4 heteroatoms. The molecular weight excluding hydrogens is 245 g/mol. The number of phenolic OH excluding ortho intramolecular Hbond substituents is 1. The van der Waals surface area contributed by atoms with Crippen molar-refractivity contribution in [1.82, 2.24) is 0 Å². The van der Waals surface area contributed by atoms with Crippen LogP contribution in [0.5, 0.6) is 5.75 Å². The molecule has 0 fully saturated rings. The van der Waals surface area contributed by atoms with E-state index in [1.54, 1.807) is 37.3 Å². The van der Waals surface area contributed by atoms with Gasteiger partial charge in [0.2, 0.25) is 0 Å². The molecule has 0 atom stereocenters. The molecule has 1 aliphatic heterocycles. The number of phenols is 1. The Kier molecular flexibility index (Phi) is 2.52. The van der Waals surface area contributed by atoms with Gasteiger partial charge in [0.1, 0.15) is 11.6 Å². The molecule has 0 aromatic heterocycles. The molecule has 3 nitrogen and oxygen atoms in total. The van der Waals surface area contributed by atoms with Crippen LogP contribution in [0.2, 0.25) is 0 Å². The molecule has 0 bridgehead atoms. The summed E-state index contributed by atoms with van der Waals surface area (Å²) in [6.07, 6.45) is 0. The van der Waals surface area contributed by atoms with Crippen LogP contribution in [0, 0.1) is 12.7 Å². The second kappa shape index (κ2) is 4.09. The van der Waals surface area contributed by atoms with E-state index in [1.807, 2.05) is 0 Å². The Morgan fingerprint density at radius 1 is 1.26 bits per heavy atom. The van der Waals surface area contributed by atoms with E-state index < -0.39 is 0 Å². The number of halogens is 1. The summed E-state index contributed by atoms with van der Waals surface area (Å²) in [5.74, 6) is -0.458. The first kappa shape index (κ1) is 11.7. The van der Waals surface area contributed by atoms with Crippen molar-refractivity contribution in [3.63, 3.8) is 0 Å². The minimum absolute atomic E-state index is 0.0981. The summed E-state index contributed by atoms with van der Waals surface area (Å²) < 4.78 is 13.6. The SMILES string of the molecule is Cc1ccc(N2Cc3c(O)cccc3C2=O)cc1F. The molecule has 2 aromatic rings. The van der Waals surface area contributed by atoms with Crippen LogP contribution in [-0.2, 0) is 6.54 Å². The molecule has 1 amide bonds. The van der Waals surface area contributed by atoms with Crippen molar-refractivity contribution >= 4 is 11.6 Å². The Balaban J connectivity index is 2.04. The molecule has 3 rings (SSSR count). The number of rotatable bonds is 1. The maximum atomic E-state index is 13.6. The summed E-state index contributed by atoms with van der Waals surface area (Å²) in [5.41, 5.74) is 2.11. The van der Waals surface area contributed by atoms with Crippen LogP contribution in [0.4, 0.5) is 10.1 Å². The van der Waals surface area contributed by atoms with Crippen LogP contribution in [-0.4, -0.2) is 11.0 Å². The summed E-state index contributed by atoms with van der Waals surface area (Å²) in [4.78, 5) is 13.7. The molecule has 1 heterocycles. The van der Waals surface area contributed by atoms with Crippen LogP contribution in [0.3, 0.4) is 0 Å². The molecular formula is C15H12FNO2. The second-order valence-corrected chi connectivity index (χ2v) is 4.63. The monoisotopic (exact) mass is 257 g/mol.